The fraction of sp³-hybridized carbons (Fsp3) is 0.333. The van der Waals surface area contributed by atoms with Crippen LogP contribution in [0, 0.1) is 17.1 Å². The number of carbonyl (C=O) groups excluding carboxylic acids is 1. The Balaban J connectivity index is 2.35. The van der Waals surface area contributed by atoms with Crippen LogP contribution in [-0.4, -0.2) is 25.7 Å². The molecular formula is C21H23FN2O4. The molecule has 7 heteroatoms. The van der Waals surface area contributed by atoms with Gasteiger partial charge in [0.15, 0.2) is 11.5 Å². The number of halogens is 1. The first kappa shape index (κ1) is 21.0. The molecule has 0 saturated carbocycles. The molecule has 0 fully saturated rings. The van der Waals surface area contributed by atoms with Crippen molar-refractivity contribution >= 4 is 5.91 Å². The molecular weight excluding hydrogens is 363 g/mol. The molecule has 0 radical (unpaired) electrons. The van der Waals surface area contributed by atoms with Crippen molar-refractivity contribution in [1.82, 2.24) is 5.32 Å². The fourth-order valence-corrected chi connectivity index (χ4v) is 2.58. The smallest absolute Gasteiger partial charge is 0.252 e. The second-order valence-corrected chi connectivity index (χ2v) is 5.69. The Morgan fingerprint density at radius 3 is 2.04 bits per heavy atom. The van der Waals surface area contributed by atoms with Crippen molar-refractivity contribution in [2.75, 3.05) is 19.8 Å². The van der Waals surface area contributed by atoms with E-state index in [1.165, 1.54) is 24.3 Å². The lowest BCUT2D eigenvalue weighted by Crippen LogP contribution is -2.27. The van der Waals surface area contributed by atoms with Crippen LogP contribution in [-0.2, 0) is 0 Å². The van der Waals surface area contributed by atoms with E-state index in [1.807, 2.05) is 26.8 Å². The summed E-state index contributed by atoms with van der Waals surface area (Å²) in [6.07, 6.45) is 0. The zero-order valence-electron chi connectivity index (χ0n) is 16.1. The first-order valence-electron chi connectivity index (χ1n) is 9.06. The van der Waals surface area contributed by atoms with Crippen LogP contribution < -0.4 is 19.5 Å². The van der Waals surface area contributed by atoms with Crippen LogP contribution in [0.25, 0.3) is 0 Å². The van der Waals surface area contributed by atoms with Gasteiger partial charge < -0.3 is 19.5 Å². The van der Waals surface area contributed by atoms with Crippen molar-refractivity contribution in [1.29, 1.82) is 5.26 Å². The maximum atomic E-state index is 13.1. The minimum Gasteiger partial charge on any atom is -0.490 e. The second-order valence-electron chi connectivity index (χ2n) is 5.69. The second kappa shape index (κ2) is 10.2. The summed E-state index contributed by atoms with van der Waals surface area (Å²) in [4.78, 5) is 12.7. The van der Waals surface area contributed by atoms with Crippen LogP contribution in [0.2, 0.25) is 0 Å². The lowest BCUT2D eigenvalue weighted by molar-refractivity contribution is 0.0944. The van der Waals surface area contributed by atoms with E-state index < -0.39 is 17.8 Å². The molecule has 0 unspecified atom stereocenters. The van der Waals surface area contributed by atoms with Crippen LogP contribution in [0.3, 0.4) is 0 Å². The first-order valence-corrected chi connectivity index (χ1v) is 9.06. The Morgan fingerprint density at radius 1 is 1.04 bits per heavy atom. The Morgan fingerprint density at radius 2 is 1.57 bits per heavy atom. The Kier molecular flexibility index (Phi) is 7.64. The normalized spacial score (nSPS) is 11.2. The highest BCUT2D eigenvalue weighted by Gasteiger charge is 2.21. The number of hydrogen-bond acceptors (Lipinski definition) is 5. The number of ether oxygens (including phenoxy) is 3. The molecule has 0 aliphatic rings. The van der Waals surface area contributed by atoms with Gasteiger partial charge in [-0.25, -0.2) is 4.39 Å². The summed E-state index contributed by atoms with van der Waals surface area (Å²) in [5.74, 6) is 0.298. The van der Waals surface area contributed by atoms with E-state index in [9.17, 15) is 14.4 Å². The molecule has 0 aromatic heterocycles. The van der Waals surface area contributed by atoms with Crippen molar-refractivity contribution < 1.29 is 23.4 Å². The Bertz CT molecular complexity index is 819. The van der Waals surface area contributed by atoms with Gasteiger partial charge >= 0.3 is 0 Å². The largest absolute Gasteiger partial charge is 0.490 e. The van der Waals surface area contributed by atoms with Crippen LogP contribution in [0.1, 0.15) is 42.7 Å². The van der Waals surface area contributed by atoms with E-state index in [4.69, 9.17) is 14.2 Å². The quantitative estimate of drug-likeness (QED) is 0.704. The maximum Gasteiger partial charge on any atom is 0.252 e. The molecule has 1 amide bonds. The number of benzene rings is 2. The molecule has 2 aromatic rings. The highest BCUT2D eigenvalue weighted by atomic mass is 19.1. The van der Waals surface area contributed by atoms with Crippen LogP contribution in [0.4, 0.5) is 4.39 Å². The molecule has 2 rings (SSSR count). The van der Waals surface area contributed by atoms with Crippen molar-refractivity contribution in [2.24, 2.45) is 0 Å². The number of nitrogens with one attached hydrogen (secondary N) is 1. The summed E-state index contributed by atoms with van der Waals surface area (Å²) in [5, 5.41) is 12.0. The molecule has 6 nitrogen and oxygen atoms in total. The highest BCUT2D eigenvalue weighted by molar-refractivity contribution is 5.96. The minimum absolute atomic E-state index is 0.262. The fourth-order valence-electron chi connectivity index (χ4n) is 2.58. The van der Waals surface area contributed by atoms with Crippen molar-refractivity contribution in [2.45, 2.75) is 26.8 Å². The monoisotopic (exact) mass is 386 g/mol. The number of rotatable bonds is 9. The van der Waals surface area contributed by atoms with E-state index in [0.29, 0.717) is 42.6 Å². The summed E-state index contributed by atoms with van der Waals surface area (Å²) < 4.78 is 29.9. The predicted octanol–water partition coefficient (Wildman–Crippen LogP) is 4.02. The number of nitriles is 1. The van der Waals surface area contributed by atoms with E-state index in [2.05, 4.69) is 5.32 Å². The third-order valence-electron chi connectivity index (χ3n) is 3.78. The average molecular weight is 386 g/mol. The van der Waals surface area contributed by atoms with Gasteiger partial charge in [0, 0.05) is 5.56 Å². The Hall–Kier alpha value is -3.27. The van der Waals surface area contributed by atoms with Gasteiger partial charge in [-0.1, -0.05) is 12.1 Å². The number of carbonyl (C=O) groups is 1. The predicted molar refractivity (Wildman–Crippen MR) is 102 cm³/mol. The van der Waals surface area contributed by atoms with Gasteiger partial charge in [0.25, 0.3) is 5.91 Å². The van der Waals surface area contributed by atoms with Crippen LogP contribution in [0.15, 0.2) is 36.4 Å². The summed E-state index contributed by atoms with van der Waals surface area (Å²) in [7, 11) is 0. The molecule has 0 heterocycles. The summed E-state index contributed by atoms with van der Waals surface area (Å²) in [5.41, 5.74) is 0.746. The molecule has 1 N–H and O–H groups in total. The van der Waals surface area contributed by atoms with Crippen LogP contribution in [0.5, 0.6) is 17.2 Å². The number of hydrogen-bond donors (Lipinski definition) is 1. The van der Waals surface area contributed by atoms with Crippen molar-refractivity contribution in [3.63, 3.8) is 0 Å². The molecule has 0 bridgehead atoms. The molecule has 2 aromatic carbocycles. The molecule has 0 spiro atoms. The first-order chi connectivity index (χ1) is 13.5. The number of amides is 1. The van der Waals surface area contributed by atoms with Gasteiger partial charge in [0.1, 0.15) is 11.9 Å². The van der Waals surface area contributed by atoms with Gasteiger partial charge in [-0.3, -0.25) is 4.79 Å². The zero-order chi connectivity index (χ0) is 20.5. The summed E-state index contributed by atoms with van der Waals surface area (Å²) in [6, 6.07) is 9.57. The third kappa shape index (κ3) is 5.13. The molecule has 28 heavy (non-hydrogen) atoms. The summed E-state index contributed by atoms with van der Waals surface area (Å²) in [6.45, 7) is 6.66. The van der Waals surface area contributed by atoms with Gasteiger partial charge in [-0.05, 0) is 50.6 Å². The van der Waals surface area contributed by atoms with Gasteiger partial charge in [-0.2, -0.15) is 5.26 Å². The minimum atomic E-state index is -0.925. The van der Waals surface area contributed by atoms with Gasteiger partial charge in [-0.15, -0.1) is 0 Å². The average Bonchev–Trinajstić information content (AvgIpc) is 2.69. The van der Waals surface area contributed by atoms with E-state index >= 15 is 0 Å². The van der Waals surface area contributed by atoms with E-state index in [-0.39, 0.29) is 5.56 Å². The van der Waals surface area contributed by atoms with Gasteiger partial charge in [0.2, 0.25) is 5.75 Å². The van der Waals surface area contributed by atoms with E-state index in [1.54, 1.807) is 12.1 Å². The maximum absolute atomic E-state index is 13.1. The lowest BCUT2D eigenvalue weighted by Gasteiger charge is -2.18. The zero-order valence-corrected chi connectivity index (χ0v) is 16.1. The summed E-state index contributed by atoms with van der Waals surface area (Å²) >= 11 is 0. The van der Waals surface area contributed by atoms with Crippen molar-refractivity contribution in [3.05, 3.63) is 53.3 Å². The molecule has 0 saturated heterocycles. The molecule has 0 aliphatic carbocycles. The SMILES string of the molecule is CCOc1cc(C(=O)N[C@H](C#N)c2ccc(F)cc2)cc(OCC)c1OCC. The van der Waals surface area contributed by atoms with Crippen molar-refractivity contribution in [3.8, 4) is 23.3 Å². The van der Waals surface area contributed by atoms with Gasteiger partial charge in [0.05, 0.1) is 25.9 Å². The van der Waals surface area contributed by atoms with Crippen LogP contribution >= 0.6 is 0 Å². The Labute approximate surface area is 163 Å². The molecule has 1 atom stereocenters. The topological polar surface area (TPSA) is 80.6 Å². The standard InChI is InChI=1S/C21H23FN2O4/c1-4-26-18-11-15(12-19(27-5-2)20(18)28-6-3)21(25)24-17(13-23)14-7-9-16(22)10-8-14/h7-12,17H,4-6H2,1-3H3,(H,24,25)/t17-/m1/s1. The van der Waals surface area contributed by atoms with E-state index in [0.717, 1.165) is 0 Å². The molecule has 0 aliphatic heterocycles. The number of nitrogens with zero attached hydrogens (tertiary/aromatic N) is 1. The highest BCUT2D eigenvalue weighted by Crippen LogP contribution is 2.39. The molecule has 148 valence electrons. The third-order valence-corrected chi connectivity index (χ3v) is 3.78. The lowest BCUT2D eigenvalue weighted by atomic mass is 10.1.